The lowest BCUT2D eigenvalue weighted by Crippen LogP contribution is -2.45. The fraction of sp³-hybridized carbons (Fsp3) is 0.421. The molecule has 1 aromatic heterocycles. The lowest BCUT2D eigenvalue weighted by atomic mass is 9.97. The van der Waals surface area contributed by atoms with Gasteiger partial charge in [-0.3, -0.25) is 0 Å². The number of benzene rings is 1. The summed E-state index contributed by atoms with van der Waals surface area (Å²) in [6.07, 6.45) is 1.74. The van der Waals surface area contributed by atoms with E-state index in [9.17, 15) is 4.79 Å². The van der Waals surface area contributed by atoms with Crippen LogP contribution in [0.5, 0.6) is 0 Å². The second-order valence-electron chi connectivity index (χ2n) is 6.30. The summed E-state index contributed by atoms with van der Waals surface area (Å²) in [7, 11) is 0. The summed E-state index contributed by atoms with van der Waals surface area (Å²) in [4.78, 5) is 12.2. The molecule has 2 amide bonds. The van der Waals surface area contributed by atoms with E-state index in [1.54, 1.807) is 11.3 Å². The summed E-state index contributed by atoms with van der Waals surface area (Å²) in [5, 5.41) is 10.3. The van der Waals surface area contributed by atoms with Crippen molar-refractivity contribution in [1.82, 2.24) is 10.6 Å². The first kappa shape index (κ1) is 17.0. The van der Waals surface area contributed by atoms with Crippen molar-refractivity contribution in [3.05, 3.63) is 58.3 Å². The molecule has 1 aliphatic rings. The fourth-order valence-electron chi connectivity index (χ4n) is 2.98. The molecule has 128 valence electrons. The molecule has 1 aromatic carbocycles. The second kappa shape index (κ2) is 8.31. The van der Waals surface area contributed by atoms with Crippen LogP contribution in [0.1, 0.15) is 42.9 Å². The number of hydrogen-bond donors (Lipinski definition) is 2. The van der Waals surface area contributed by atoms with E-state index in [0.29, 0.717) is 19.1 Å². The molecule has 0 unspecified atom stereocenters. The number of thiophene rings is 1. The Bertz CT molecular complexity index is 630. The summed E-state index contributed by atoms with van der Waals surface area (Å²) in [5.74, 6) is 0.328. The Morgan fingerprint density at radius 1 is 1.33 bits per heavy atom. The number of nitrogens with one attached hydrogen (secondary N) is 2. The molecular weight excluding hydrogens is 320 g/mol. The molecule has 2 aromatic rings. The van der Waals surface area contributed by atoms with Gasteiger partial charge in [-0.1, -0.05) is 37.3 Å². The Labute approximate surface area is 147 Å². The van der Waals surface area contributed by atoms with Crippen LogP contribution < -0.4 is 10.6 Å². The zero-order chi connectivity index (χ0) is 16.8. The van der Waals surface area contributed by atoms with Crippen LogP contribution in [-0.2, 0) is 4.74 Å². The largest absolute Gasteiger partial charge is 0.373 e. The van der Waals surface area contributed by atoms with Gasteiger partial charge in [0.2, 0.25) is 0 Å². The quantitative estimate of drug-likeness (QED) is 0.859. The highest BCUT2D eigenvalue weighted by atomic mass is 32.1. The molecule has 0 aliphatic carbocycles. The summed E-state index contributed by atoms with van der Waals surface area (Å²) in [6.45, 7) is 3.45. The van der Waals surface area contributed by atoms with Crippen molar-refractivity contribution in [3.8, 4) is 0 Å². The highest BCUT2D eigenvalue weighted by Gasteiger charge is 2.25. The zero-order valence-corrected chi connectivity index (χ0v) is 14.7. The van der Waals surface area contributed by atoms with Crippen molar-refractivity contribution in [2.75, 3.05) is 13.2 Å². The SMILES string of the molecule is C[C@H](CNC(=O)N[C@@H]1CCO[C@@H](c2ccccc2)C1)c1ccsc1. The standard InChI is InChI=1S/C19H24N2O2S/c1-14(16-8-10-24-13-16)12-20-19(22)21-17-7-9-23-18(11-17)15-5-3-2-4-6-15/h2-6,8,10,13-14,17-18H,7,9,11-12H2,1H3,(H2,20,21,22)/t14-,17-,18-/m1/s1. The number of carbonyl (C=O) groups is 1. The van der Waals surface area contributed by atoms with Gasteiger partial charge >= 0.3 is 6.03 Å². The van der Waals surface area contributed by atoms with Crippen LogP contribution in [0, 0.1) is 0 Å². The average Bonchev–Trinajstić information content (AvgIpc) is 3.15. The van der Waals surface area contributed by atoms with E-state index in [1.807, 2.05) is 18.2 Å². The van der Waals surface area contributed by atoms with E-state index < -0.39 is 0 Å². The van der Waals surface area contributed by atoms with Gasteiger partial charge in [-0.25, -0.2) is 4.79 Å². The van der Waals surface area contributed by atoms with Gasteiger partial charge in [0.1, 0.15) is 0 Å². The van der Waals surface area contributed by atoms with E-state index >= 15 is 0 Å². The molecule has 2 N–H and O–H groups in total. The molecule has 1 fully saturated rings. The molecule has 2 heterocycles. The summed E-state index contributed by atoms with van der Waals surface area (Å²) < 4.78 is 5.85. The van der Waals surface area contributed by atoms with Gasteiger partial charge in [0.05, 0.1) is 6.10 Å². The molecule has 1 saturated heterocycles. The number of hydrogen-bond acceptors (Lipinski definition) is 3. The first-order valence-corrected chi connectivity index (χ1v) is 9.39. The molecule has 5 heteroatoms. The zero-order valence-electron chi connectivity index (χ0n) is 13.9. The van der Waals surface area contributed by atoms with Crippen LogP contribution in [-0.4, -0.2) is 25.2 Å². The lowest BCUT2D eigenvalue weighted by molar-refractivity contribution is 0.00226. The topological polar surface area (TPSA) is 50.4 Å². The van der Waals surface area contributed by atoms with E-state index in [1.165, 1.54) is 11.1 Å². The molecule has 4 nitrogen and oxygen atoms in total. The number of rotatable bonds is 5. The van der Waals surface area contributed by atoms with Gasteiger partial charge in [-0.05, 0) is 46.7 Å². The van der Waals surface area contributed by atoms with Crippen molar-refractivity contribution in [2.45, 2.75) is 37.8 Å². The predicted octanol–water partition coefficient (Wildman–Crippen LogP) is 4.07. The minimum absolute atomic E-state index is 0.0648. The van der Waals surface area contributed by atoms with Crippen LogP contribution in [0.15, 0.2) is 47.2 Å². The minimum atomic E-state index is -0.0872. The Kier molecular flexibility index (Phi) is 5.88. The first-order valence-electron chi connectivity index (χ1n) is 8.45. The van der Waals surface area contributed by atoms with Gasteiger partial charge in [-0.15, -0.1) is 0 Å². The highest BCUT2D eigenvalue weighted by molar-refractivity contribution is 7.07. The van der Waals surface area contributed by atoms with Crippen LogP contribution >= 0.6 is 11.3 Å². The number of urea groups is 1. The molecule has 24 heavy (non-hydrogen) atoms. The van der Waals surface area contributed by atoms with Crippen molar-refractivity contribution in [2.24, 2.45) is 0 Å². The normalized spacial score (nSPS) is 21.9. The van der Waals surface area contributed by atoms with E-state index in [4.69, 9.17) is 4.74 Å². The Morgan fingerprint density at radius 3 is 2.92 bits per heavy atom. The van der Waals surface area contributed by atoms with E-state index in [0.717, 1.165) is 12.8 Å². The molecule has 0 radical (unpaired) electrons. The molecule has 3 atom stereocenters. The van der Waals surface area contributed by atoms with Crippen LogP contribution in [0.25, 0.3) is 0 Å². The highest BCUT2D eigenvalue weighted by Crippen LogP contribution is 2.27. The third-order valence-electron chi connectivity index (χ3n) is 4.47. The second-order valence-corrected chi connectivity index (χ2v) is 7.08. The van der Waals surface area contributed by atoms with Crippen LogP contribution in [0.4, 0.5) is 4.79 Å². The molecule has 0 bridgehead atoms. The minimum Gasteiger partial charge on any atom is -0.373 e. The van der Waals surface area contributed by atoms with Crippen molar-refractivity contribution in [1.29, 1.82) is 0 Å². The van der Waals surface area contributed by atoms with Crippen LogP contribution in [0.2, 0.25) is 0 Å². The summed E-state index contributed by atoms with van der Waals surface area (Å²) in [6, 6.07) is 12.4. The smallest absolute Gasteiger partial charge is 0.315 e. The fourth-order valence-corrected chi connectivity index (χ4v) is 3.77. The maximum Gasteiger partial charge on any atom is 0.315 e. The molecule has 0 saturated carbocycles. The number of ether oxygens (including phenoxy) is 1. The Balaban J connectivity index is 1.46. The van der Waals surface area contributed by atoms with Crippen molar-refractivity contribution >= 4 is 17.4 Å². The third-order valence-corrected chi connectivity index (χ3v) is 5.17. The number of carbonyl (C=O) groups excluding carboxylic acids is 1. The predicted molar refractivity (Wildman–Crippen MR) is 97.4 cm³/mol. The maximum absolute atomic E-state index is 12.2. The molecule has 1 aliphatic heterocycles. The van der Waals surface area contributed by atoms with E-state index in [2.05, 4.69) is 46.5 Å². The van der Waals surface area contributed by atoms with Gasteiger partial charge < -0.3 is 15.4 Å². The van der Waals surface area contributed by atoms with Gasteiger partial charge in [-0.2, -0.15) is 11.3 Å². The maximum atomic E-state index is 12.2. The van der Waals surface area contributed by atoms with Gasteiger partial charge in [0, 0.05) is 19.2 Å². The third kappa shape index (κ3) is 4.58. The van der Waals surface area contributed by atoms with Crippen molar-refractivity contribution < 1.29 is 9.53 Å². The monoisotopic (exact) mass is 344 g/mol. The molecule has 0 spiro atoms. The van der Waals surface area contributed by atoms with Gasteiger partial charge in [0.15, 0.2) is 0 Å². The average molecular weight is 344 g/mol. The summed E-state index contributed by atoms with van der Waals surface area (Å²) in [5.41, 5.74) is 2.45. The molecular formula is C19H24N2O2S. The Morgan fingerprint density at radius 2 is 2.17 bits per heavy atom. The molecule has 3 rings (SSSR count). The van der Waals surface area contributed by atoms with E-state index in [-0.39, 0.29) is 18.2 Å². The lowest BCUT2D eigenvalue weighted by Gasteiger charge is -2.30. The van der Waals surface area contributed by atoms with Crippen molar-refractivity contribution in [3.63, 3.8) is 0 Å². The van der Waals surface area contributed by atoms with Gasteiger partial charge in [0.25, 0.3) is 0 Å². The number of amides is 2. The van der Waals surface area contributed by atoms with Crippen LogP contribution in [0.3, 0.4) is 0 Å². The first-order chi connectivity index (χ1) is 11.7. The Hall–Kier alpha value is -1.85. The summed E-state index contributed by atoms with van der Waals surface area (Å²) >= 11 is 1.69.